The maximum atomic E-state index is 12.2. The number of halogens is 1. The second kappa shape index (κ2) is 6.38. The second-order valence-corrected chi connectivity index (χ2v) is 6.84. The zero-order valence-corrected chi connectivity index (χ0v) is 13.2. The number of nitrogens with zero attached hydrogens (tertiary/aromatic N) is 1. The molecule has 0 radical (unpaired) electrons. The number of benzene rings is 1. The monoisotopic (exact) mass is 341 g/mol. The van der Waals surface area contributed by atoms with Crippen molar-refractivity contribution in [2.24, 2.45) is 5.73 Å². The maximum absolute atomic E-state index is 12.2. The topological polar surface area (TPSA) is 85.1 Å². The molecule has 1 aromatic carbocycles. The van der Waals surface area contributed by atoms with E-state index < -0.39 is 10.0 Å². The van der Waals surface area contributed by atoms with Crippen molar-refractivity contribution < 1.29 is 8.42 Å². The van der Waals surface area contributed by atoms with Crippen LogP contribution in [0.5, 0.6) is 0 Å². The van der Waals surface area contributed by atoms with Crippen LogP contribution in [0, 0.1) is 0 Å². The molecule has 110 valence electrons. The minimum atomic E-state index is -3.63. The highest BCUT2D eigenvalue weighted by molar-refractivity contribution is 7.91. The normalized spacial score (nSPS) is 11.1. The van der Waals surface area contributed by atoms with Gasteiger partial charge < -0.3 is 5.73 Å². The molecule has 1 aromatic heterocycles. The van der Waals surface area contributed by atoms with Crippen LogP contribution < -0.4 is 10.5 Å². The number of sulfonamides is 1. The molecule has 5 nitrogen and oxygen atoms in total. The standard InChI is InChI=1S/C13H12ClN3O2S2/c14-10-5-6-12(16-7-10)17-21(18,19)8-9-3-1-2-4-11(9)13(15)20/h1-7H,8H2,(H2,15,20)(H,16,17). The molecule has 0 spiro atoms. The Hall–Kier alpha value is -1.70. The largest absolute Gasteiger partial charge is 0.389 e. The van der Waals surface area contributed by atoms with E-state index in [1.165, 1.54) is 12.3 Å². The zero-order chi connectivity index (χ0) is 15.5. The Morgan fingerprint density at radius 2 is 2.00 bits per heavy atom. The molecular formula is C13H12ClN3O2S2. The van der Waals surface area contributed by atoms with Crippen molar-refractivity contribution in [1.82, 2.24) is 4.98 Å². The fourth-order valence-corrected chi connectivity index (χ4v) is 3.21. The first kappa shape index (κ1) is 15.7. The van der Waals surface area contributed by atoms with Gasteiger partial charge in [-0.05, 0) is 17.7 Å². The molecular weight excluding hydrogens is 330 g/mol. The lowest BCUT2D eigenvalue weighted by molar-refractivity contribution is 0.600. The van der Waals surface area contributed by atoms with E-state index in [2.05, 4.69) is 9.71 Å². The Morgan fingerprint density at radius 3 is 2.62 bits per heavy atom. The third-order valence-corrected chi connectivity index (χ3v) is 4.27. The van der Waals surface area contributed by atoms with E-state index in [0.29, 0.717) is 16.1 Å². The summed E-state index contributed by atoms with van der Waals surface area (Å²) in [4.78, 5) is 4.05. The Morgan fingerprint density at radius 1 is 1.29 bits per heavy atom. The molecule has 0 aliphatic carbocycles. The first-order valence-corrected chi connectivity index (χ1v) is 8.31. The van der Waals surface area contributed by atoms with E-state index in [1.54, 1.807) is 30.3 Å². The molecule has 8 heteroatoms. The van der Waals surface area contributed by atoms with Crippen molar-refractivity contribution in [2.75, 3.05) is 4.72 Å². The van der Waals surface area contributed by atoms with Gasteiger partial charge in [-0.3, -0.25) is 4.72 Å². The Kier molecular flexibility index (Phi) is 4.76. The van der Waals surface area contributed by atoms with Crippen LogP contribution in [0.15, 0.2) is 42.6 Å². The van der Waals surface area contributed by atoms with Gasteiger partial charge in [0, 0.05) is 11.8 Å². The second-order valence-electron chi connectivity index (χ2n) is 4.24. The van der Waals surface area contributed by atoms with Gasteiger partial charge in [-0.2, -0.15) is 0 Å². The summed E-state index contributed by atoms with van der Waals surface area (Å²) < 4.78 is 26.7. The molecule has 21 heavy (non-hydrogen) atoms. The van der Waals surface area contributed by atoms with E-state index in [9.17, 15) is 8.42 Å². The summed E-state index contributed by atoms with van der Waals surface area (Å²) in [6.45, 7) is 0. The van der Waals surface area contributed by atoms with Crippen LogP contribution in [-0.4, -0.2) is 18.4 Å². The van der Waals surface area contributed by atoms with Crippen LogP contribution in [0.4, 0.5) is 5.82 Å². The molecule has 0 fully saturated rings. The number of rotatable bonds is 5. The SMILES string of the molecule is NC(=S)c1ccccc1CS(=O)(=O)Nc1ccc(Cl)cn1. The van der Waals surface area contributed by atoms with Gasteiger partial charge in [0.15, 0.2) is 0 Å². The molecule has 3 N–H and O–H groups in total. The van der Waals surface area contributed by atoms with Crippen LogP contribution in [0.3, 0.4) is 0 Å². The van der Waals surface area contributed by atoms with E-state index >= 15 is 0 Å². The molecule has 2 aromatic rings. The maximum Gasteiger partial charge on any atom is 0.238 e. The Balaban J connectivity index is 2.22. The summed E-state index contributed by atoms with van der Waals surface area (Å²) in [6.07, 6.45) is 1.36. The van der Waals surface area contributed by atoms with Gasteiger partial charge in [0.1, 0.15) is 10.8 Å². The molecule has 0 saturated heterocycles. The van der Waals surface area contributed by atoms with Gasteiger partial charge in [-0.15, -0.1) is 0 Å². The Labute approximate surface area is 133 Å². The van der Waals surface area contributed by atoms with Crippen molar-refractivity contribution in [3.63, 3.8) is 0 Å². The van der Waals surface area contributed by atoms with Crippen LogP contribution in [0.2, 0.25) is 5.02 Å². The highest BCUT2D eigenvalue weighted by Crippen LogP contribution is 2.16. The third kappa shape index (κ3) is 4.38. The average molecular weight is 342 g/mol. The van der Waals surface area contributed by atoms with Crippen LogP contribution >= 0.6 is 23.8 Å². The lowest BCUT2D eigenvalue weighted by Gasteiger charge is -2.10. The van der Waals surface area contributed by atoms with Gasteiger partial charge in [0.2, 0.25) is 10.0 Å². The molecule has 0 aliphatic rings. The molecule has 2 rings (SSSR count). The zero-order valence-electron chi connectivity index (χ0n) is 10.8. The smallest absolute Gasteiger partial charge is 0.238 e. The quantitative estimate of drug-likeness (QED) is 0.815. The van der Waals surface area contributed by atoms with Crippen LogP contribution in [-0.2, 0) is 15.8 Å². The van der Waals surface area contributed by atoms with Crippen LogP contribution in [0.1, 0.15) is 11.1 Å². The van der Waals surface area contributed by atoms with E-state index in [-0.39, 0.29) is 16.6 Å². The number of hydrogen-bond acceptors (Lipinski definition) is 4. The number of pyridine rings is 1. The summed E-state index contributed by atoms with van der Waals surface area (Å²) in [5, 5.41) is 0.428. The lowest BCUT2D eigenvalue weighted by Crippen LogP contribution is -2.19. The first-order valence-electron chi connectivity index (χ1n) is 5.87. The van der Waals surface area contributed by atoms with Crippen molar-refractivity contribution in [3.05, 3.63) is 58.7 Å². The third-order valence-electron chi connectivity index (χ3n) is 2.62. The summed E-state index contributed by atoms with van der Waals surface area (Å²) in [7, 11) is -3.63. The van der Waals surface area contributed by atoms with Crippen molar-refractivity contribution in [2.45, 2.75) is 5.75 Å². The van der Waals surface area contributed by atoms with Crippen molar-refractivity contribution >= 4 is 44.6 Å². The highest BCUT2D eigenvalue weighted by Gasteiger charge is 2.15. The molecule has 0 atom stereocenters. The van der Waals surface area contributed by atoms with Crippen LogP contribution in [0.25, 0.3) is 0 Å². The number of hydrogen-bond donors (Lipinski definition) is 2. The summed E-state index contributed by atoms with van der Waals surface area (Å²) in [5.41, 5.74) is 6.67. The average Bonchev–Trinajstić information content (AvgIpc) is 2.41. The minimum Gasteiger partial charge on any atom is -0.389 e. The number of nitrogens with one attached hydrogen (secondary N) is 1. The number of aromatic nitrogens is 1. The minimum absolute atomic E-state index is 0.158. The number of anilines is 1. The molecule has 0 aliphatic heterocycles. The summed E-state index contributed by atoms with van der Waals surface area (Å²) in [6, 6.07) is 9.87. The molecule has 1 heterocycles. The molecule has 0 amide bonds. The lowest BCUT2D eigenvalue weighted by atomic mass is 10.1. The molecule has 0 bridgehead atoms. The summed E-state index contributed by atoms with van der Waals surface area (Å²) in [5.74, 6) is -0.0441. The van der Waals surface area contributed by atoms with Gasteiger partial charge in [0.05, 0.1) is 10.8 Å². The van der Waals surface area contributed by atoms with Crippen molar-refractivity contribution in [3.8, 4) is 0 Å². The van der Waals surface area contributed by atoms with Gasteiger partial charge in [-0.1, -0.05) is 48.1 Å². The van der Waals surface area contributed by atoms with Gasteiger partial charge in [0.25, 0.3) is 0 Å². The van der Waals surface area contributed by atoms with E-state index in [1.807, 2.05) is 0 Å². The number of nitrogens with two attached hydrogens (primary N) is 1. The van der Waals surface area contributed by atoms with Crippen molar-refractivity contribution in [1.29, 1.82) is 0 Å². The van der Waals surface area contributed by atoms with E-state index in [0.717, 1.165) is 0 Å². The van der Waals surface area contributed by atoms with Gasteiger partial charge >= 0.3 is 0 Å². The highest BCUT2D eigenvalue weighted by atomic mass is 35.5. The Bertz CT molecular complexity index is 761. The predicted molar refractivity (Wildman–Crippen MR) is 87.8 cm³/mol. The predicted octanol–water partition coefficient (Wildman–Crippen LogP) is 2.31. The van der Waals surface area contributed by atoms with E-state index in [4.69, 9.17) is 29.6 Å². The first-order chi connectivity index (χ1) is 9.87. The fourth-order valence-electron chi connectivity index (χ4n) is 1.72. The molecule has 0 unspecified atom stereocenters. The number of thiocarbonyl (C=S) groups is 1. The van der Waals surface area contributed by atoms with Gasteiger partial charge in [-0.25, -0.2) is 13.4 Å². The fraction of sp³-hybridized carbons (Fsp3) is 0.0769. The summed E-state index contributed by atoms with van der Waals surface area (Å²) >= 11 is 10.6. The molecule has 0 saturated carbocycles.